The minimum absolute atomic E-state index is 0.155. The molecule has 0 aliphatic rings. The molecule has 0 fully saturated rings. The van der Waals surface area contributed by atoms with Crippen molar-refractivity contribution in [3.8, 4) is 0 Å². The van der Waals surface area contributed by atoms with Gasteiger partial charge in [0, 0.05) is 13.2 Å². The zero-order chi connectivity index (χ0) is 14.2. The minimum atomic E-state index is -0.630. The van der Waals surface area contributed by atoms with Gasteiger partial charge in [-0.3, -0.25) is 5.32 Å². The van der Waals surface area contributed by atoms with Gasteiger partial charge < -0.3 is 29.2 Å². The van der Waals surface area contributed by atoms with E-state index in [2.05, 4.69) is 5.32 Å². The lowest BCUT2D eigenvalue weighted by atomic mass is 10.5. The predicted molar refractivity (Wildman–Crippen MR) is 70.0 cm³/mol. The van der Waals surface area contributed by atoms with E-state index in [0.717, 1.165) is 0 Å². The zero-order valence-corrected chi connectivity index (χ0v) is 11.7. The fourth-order valence-corrected chi connectivity index (χ4v) is 1.10. The Hall–Kier alpha value is -0.280. The van der Waals surface area contributed by atoms with E-state index in [-0.39, 0.29) is 13.2 Å². The van der Waals surface area contributed by atoms with Crippen LogP contribution in [0, 0.1) is 0 Å². The lowest BCUT2D eigenvalue weighted by Gasteiger charge is -2.10. The molecule has 1 atom stereocenters. The van der Waals surface area contributed by atoms with Gasteiger partial charge in [0.2, 0.25) is 0 Å². The molecule has 0 aliphatic heterocycles. The molecule has 0 aliphatic carbocycles. The molecule has 0 aromatic heterocycles. The van der Waals surface area contributed by atoms with Crippen molar-refractivity contribution in [1.82, 2.24) is 5.32 Å². The van der Waals surface area contributed by atoms with Crippen LogP contribution in [0.25, 0.3) is 0 Å². The second kappa shape index (κ2) is 15.8. The van der Waals surface area contributed by atoms with Crippen LogP contribution in [0.1, 0.15) is 6.42 Å². The fourth-order valence-electron chi connectivity index (χ4n) is 1.10. The first kappa shape index (κ1) is 18.7. The van der Waals surface area contributed by atoms with E-state index in [0.29, 0.717) is 52.7 Å². The maximum absolute atomic E-state index is 9.11. The van der Waals surface area contributed by atoms with Crippen LogP contribution in [0.4, 0.5) is 0 Å². The number of hydrogen-bond donors (Lipinski definition) is 3. The average Bonchev–Trinajstić information content (AvgIpc) is 2.43. The van der Waals surface area contributed by atoms with Crippen LogP contribution >= 0.6 is 0 Å². The van der Waals surface area contributed by atoms with Crippen molar-refractivity contribution in [2.45, 2.75) is 12.6 Å². The Morgan fingerprint density at radius 3 is 1.79 bits per heavy atom. The number of ether oxygens (including phenoxy) is 4. The van der Waals surface area contributed by atoms with Gasteiger partial charge in [-0.1, -0.05) is 0 Å². The van der Waals surface area contributed by atoms with Gasteiger partial charge in [-0.15, -0.1) is 0 Å². The van der Waals surface area contributed by atoms with Crippen molar-refractivity contribution < 1.29 is 29.2 Å². The van der Waals surface area contributed by atoms with Crippen LogP contribution in [0.2, 0.25) is 0 Å². The summed E-state index contributed by atoms with van der Waals surface area (Å²) in [6.45, 7) is 3.98. The van der Waals surface area contributed by atoms with E-state index >= 15 is 0 Å². The van der Waals surface area contributed by atoms with Gasteiger partial charge in [0.15, 0.2) is 0 Å². The molecule has 0 heterocycles. The standard InChI is InChI=1S/C12H27NO6/c1-13-12(15)11-19-10-9-18-8-7-17-6-5-16-4-2-3-14/h12-15H,2-11H2,1H3. The predicted octanol–water partition coefficient (Wildman–Crippen LogP) is -1.03. The molecule has 0 rings (SSSR count). The van der Waals surface area contributed by atoms with E-state index in [9.17, 15) is 0 Å². The molecule has 7 nitrogen and oxygen atoms in total. The molecule has 0 spiro atoms. The second-order valence-corrected chi connectivity index (χ2v) is 3.79. The fraction of sp³-hybridized carbons (Fsp3) is 1.00. The van der Waals surface area contributed by atoms with Crippen molar-refractivity contribution in [1.29, 1.82) is 0 Å². The van der Waals surface area contributed by atoms with Crippen LogP contribution < -0.4 is 5.32 Å². The first-order valence-corrected chi connectivity index (χ1v) is 6.58. The highest BCUT2D eigenvalue weighted by Crippen LogP contribution is 1.85. The molecule has 3 N–H and O–H groups in total. The second-order valence-electron chi connectivity index (χ2n) is 3.79. The third-order valence-corrected chi connectivity index (χ3v) is 2.17. The maximum atomic E-state index is 9.11. The Morgan fingerprint density at radius 1 is 0.842 bits per heavy atom. The highest BCUT2D eigenvalue weighted by molar-refractivity contribution is 4.44. The van der Waals surface area contributed by atoms with Gasteiger partial charge in [-0.25, -0.2) is 0 Å². The van der Waals surface area contributed by atoms with Crippen molar-refractivity contribution in [2.24, 2.45) is 0 Å². The largest absolute Gasteiger partial charge is 0.396 e. The number of aliphatic hydroxyl groups is 2. The highest BCUT2D eigenvalue weighted by atomic mass is 16.6. The lowest BCUT2D eigenvalue weighted by Crippen LogP contribution is -2.30. The van der Waals surface area contributed by atoms with Crippen molar-refractivity contribution in [3.63, 3.8) is 0 Å². The summed E-state index contributed by atoms with van der Waals surface area (Å²) >= 11 is 0. The Morgan fingerprint density at radius 2 is 1.32 bits per heavy atom. The summed E-state index contributed by atoms with van der Waals surface area (Å²) in [7, 11) is 1.66. The van der Waals surface area contributed by atoms with E-state index < -0.39 is 6.23 Å². The number of nitrogens with one attached hydrogen (secondary N) is 1. The number of aliphatic hydroxyl groups excluding tert-OH is 2. The SMILES string of the molecule is CNC(O)COCCOCCOCCOCCCO. The summed E-state index contributed by atoms with van der Waals surface area (Å²) < 4.78 is 20.9. The first-order valence-electron chi connectivity index (χ1n) is 6.58. The Kier molecular flexibility index (Phi) is 15.5. The summed E-state index contributed by atoms with van der Waals surface area (Å²) in [6, 6.07) is 0. The monoisotopic (exact) mass is 281 g/mol. The molecule has 7 heteroatoms. The molecule has 0 saturated heterocycles. The molecule has 0 amide bonds. The van der Waals surface area contributed by atoms with Gasteiger partial charge in [-0.05, 0) is 13.5 Å². The van der Waals surface area contributed by atoms with E-state index in [1.54, 1.807) is 7.05 Å². The summed E-state index contributed by atoms with van der Waals surface area (Å²) in [5.74, 6) is 0. The summed E-state index contributed by atoms with van der Waals surface area (Å²) in [4.78, 5) is 0. The molecular formula is C12H27NO6. The normalized spacial score (nSPS) is 12.8. The zero-order valence-electron chi connectivity index (χ0n) is 11.7. The van der Waals surface area contributed by atoms with Crippen LogP contribution in [0.15, 0.2) is 0 Å². The number of likely N-dealkylation sites (N-methyl/N-ethyl adjacent to an activating group) is 1. The van der Waals surface area contributed by atoms with Gasteiger partial charge in [0.05, 0.1) is 46.2 Å². The summed E-state index contributed by atoms with van der Waals surface area (Å²) in [5, 5.41) is 20.3. The molecule has 1 unspecified atom stereocenters. The number of hydrogen-bond acceptors (Lipinski definition) is 7. The summed E-state index contributed by atoms with van der Waals surface area (Å²) in [6.07, 6.45) is 0.0277. The Balaban J connectivity index is 2.95. The molecule has 19 heavy (non-hydrogen) atoms. The van der Waals surface area contributed by atoms with Crippen LogP contribution in [0.5, 0.6) is 0 Å². The quantitative estimate of drug-likeness (QED) is 0.261. The molecular weight excluding hydrogens is 254 g/mol. The van der Waals surface area contributed by atoms with Crippen molar-refractivity contribution in [2.75, 3.05) is 66.5 Å². The van der Waals surface area contributed by atoms with Gasteiger partial charge in [-0.2, -0.15) is 0 Å². The van der Waals surface area contributed by atoms with Crippen LogP contribution in [0.3, 0.4) is 0 Å². The average molecular weight is 281 g/mol. The minimum Gasteiger partial charge on any atom is -0.396 e. The third kappa shape index (κ3) is 15.7. The Labute approximate surface area is 114 Å². The number of rotatable bonds is 15. The van der Waals surface area contributed by atoms with Crippen molar-refractivity contribution >= 4 is 0 Å². The van der Waals surface area contributed by atoms with Crippen LogP contribution in [-0.4, -0.2) is 83.0 Å². The van der Waals surface area contributed by atoms with Crippen molar-refractivity contribution in [3.05, 3.63) is 0 Å². The molecule has 0 saturated carbocycles. The van der Waals surface area contributed by atoms with Gasteiger partial charge >= 0.3 is 0 Å². The summed E-state index contributed by atoms with van der Waals surface area (Å²) in [5.41, 5.74) is 0. The maximum Gasteiger partial charge on any atom is 0.128 e. The molecule has 0 bridgehead atoms. The smallest absolute Gasteiger partial charge is 0.128 e. The van der Waals surface area contributed by atoms with Gasteiger partial charge in [0.1, 0.15) is 6.23 Å². The molecule has 0 radical (unpaired) electrons. The molecule has 0 aromatic rings. The lowest BCUT2D eigenvalue weighted by molar-refractivity contribution is -0.0215. The topological polar surface area (TPSA) is 89.4 Å². The third-order valence-electron chi connectivity index (χ3n) is 2.17. The molecule has 0 aromatic carbocycles. The van der Waals surface area contributed by atoms with Gasteiger partial charge in [0.25, 0.3) is 0 Å². The molecule has 116 valence electrons. The van der Waals surface area contributed by atoms with Crippen LogP contribution in [-0.2, 0) is 18.9 Å². The van der Waals surface area contributed by atoms with E-state index in [4.69, 9.17) is 29.2 Å². The van der Waals surface area contributed by atoms with E-state index in [1.807, 2.05) is 0 Å². The first-order chi connectivity index (χ1) is 9.31. The Bertz CT molecular complexity index is 172. The highest BCUT2D eigenvalue weighted by Gasteiger charge is 1.98. The van der Waals surface area contributed by atoms with E-state index in [1.165, 1.54) is 0 Å².